The number of anilines is 2. The summed E-state index contributed by atoms with van der Waals surface area (Å²) in [6.45, 7) is 6.55. The van der Waals surface area contributed by atoms with Gasteiger partial charge in [-0.05, 0) is 60.9 Å². The van der Waals surface area contributed by atoms with E-state index >= 15 is 0 Å². The normalized spacial score (nSPS) is 18.4. The molecule has 2 aliphatic rings. The largest absolute Gasteiger partial charge is 0.502 e. The van der Waals surface area contributed by atoms with Gasteiger partial charge in [-0.3, -0.25) is 14.5 Å². The zero-order valence-electron chi connectivity index (χ0n) is 17.3. The lowest BCUT2D eigenvalue weighted by Gasteiger charge is -2.27. The van der Waals surface area contributed by atoms with Gasteiger partial charge in [0.2, 0.25) is 0 Å². The smallest absolute Gasteiger partial charge is 0.326 e. The quantitative estimate of drug-likeness (QED) is 0.623. The number of fused-ring (bicyclic) bond motifs is 1. The SMILES string of the molecule is Cc1ccc(N2CCN3C(=O)C(=O)[N+](CC(=O)Nc4cc(C)cc(C)c4)=NC32)cc1. The number of hydrogen-bond donors (Lipinski definition) is 1. The van der Waals surface area contributed by atoms with Gasteiger partial charge in [-0.15, -0.1) is 0 Å². The molecule has 0 aliphatic carbocycles. The van der Waals surface area contributed by atoms with E-state index in [9.17, 15) is 14.4 Å². The molecule has 154 valence electrons. The van der Waals surface area contributed by atoms with Gasteiger partial charge in [-0.25, -0.2) is 4.79 Å². The summed E-state index contributed by atoms with van der Waals surface area (Å²) < 4.78 is 0.980. The van der Waals surface area contributed by atoms with Gasteiger partial charge in [-0.2, -0.15) is 0 Å². The Morgan fingerprint density at radius 1 is 1.00 bits per heavy atom. The second-order valence-corrected chi connectivity index (χ2v) is 7.78. The van der Waals surface area contributed by atoms with Crippen LogP contribution in [0.4, 0.5) is 11.4 Å². The Morgan fingerprint density at radius 2 is 1.63 bits per heavy atom. The Balaban J connectivity index is 1.55. The number of carbonyl (C=O) groups is 3. The van der Waals surface area contributed by atoms with Crippen LogP contribution >= 0.6 is 0 Å². The fourth-order valence-electron chi connectivity index (χ4n) is 3.85. The van der Waals surface area contributed by atoms with Gasteiger partial charge >= 0.3 is 11.8 Å². The summed E-state index contributed by atoms with van der Waals surface area (Å²) in [5.74, 6) is -1.82. The second-order valence-electron chi connectivity index (χ2n) is 7.78. The first kappa shape index (κ1) is 19.8. The third-order valence-electron chi connectivity index (χ3n) is 5.22. The molecule has 2 aromatic carbocycles. The Morgan fingerprint density at radius 3 is 2.30 bits per heavy atom. The number of benzene rings is 2. The van der Waals surface area contributed by atoms with E-state index in [-0.39, 0.29) is 6.54 Å². The van der Waals surface area contributed by atoms with Gasteiger partial charge in [0, 0.05) is 29.6 Å². The highest BCUT2D eigenvalue weighted by molar-refractivity contribution is 6.32. The first-order valence-corrected chi connectivity index (χ1v) is 9.86. The number of aryl methyl sites for hydroxylation is 3. The van der Waals surface area contributed by atoms with Gasteiger partial charge in [0.1, 0.15) is 0 Å². The summed E-state index contributed by atoms with van der Waals surface area (Å²) >= 11 is 0. The molecule has 1 atom stereocenters. The van der Waals surface area contributed by atoms with E-state index in [4.69, 9.17) is 0 Å². The average Bonchev–Trinajstić information content (AvgIpc) is 3.09. The Bertz CT molecular complexity index is 1040. The molecule has 8 nitrogen and oxygen atoms in total. The maximum Gasteiger partial charge on any atom is 0.502 e. The first-order valence-electron chi connectivity index (χ1n) is 9.86. The number of azo groups is 2. The van der Waals surface area contributed by atoms with Crippen molar-refractivity contribution < 1.29 is 19.1 Å². The van der Waals surface area contributed by atoms with E-state index in [1.807, 2.05) is 68.1 Å². The van der Waals surface area contributed by atoms with Crippen LogP contribution in [0.1, 0.15) is 16.7 Å². The van der Waals surface area contributed by atoms with Crippen molar-refractivity contribution in [2.45, 2.75) is 27.1 Å². The summed E-state index contributed by atoms with van der Waals surface area (Å²) in [4.78, 5) is 41.0. The van der Waals surface area contributed by atoms with Crippen LogP contribution in [-0.4, -0.2) is 53.2 Å². The minimum atomic E-state index is -0.785. The number of carbonyl (C=O) groups excluding carboxylic acids is 3. The summed E-state index contributed by atoms with van der Waals surface area (Å²) in [5.41, 5.74) is 4.74. The van der Waals surface area contributed by atoms with Crippen LogP contribution in [0.5, 0.6) is 0 Å². The maximum atomic E-state index is 12.6. The molecule has 1 unspecified atom stereocenters. The number of nitrogens with one attached hydrogen (secondary N) is 1. The standard InChI is InChI=1S/C22H23N5O3/c1-14-4-6-18(7-5-14)25-8-9-26-20(29)21(30)27(24-22(25)26)13-19(28)23-17-11-15(2)10-16(3)12-17/h4-7,10-12,22H,8-9,13H2,1-3H3/p+1. The molecule has 2 aliphatic heterocycles. The predicted molar refractivity (Wildman–Crippen MR) is 111 cm³/mol. The molecule has 0 bridgehead atoms. The fraction of sp³-hybridized carbons (Fsp3) is 0.318. The van der Waals surface area contributed by atoms with E-state index in [1.54, 1.807) is 0 Å². The molecule has 2 heterocycles. The summed E-state index contributed by atoms with van der Waals surface area (Å²) in [6.07, 6.45) is -0.632. The highest BCUT2D eigenvalue weighted by Crippen LogP contribution is 2.27. The van der Waals surface area contributed by atoms with Crippen molar-refractivity contribution in [3.63, 3.8) is 0 Å². The van der Waals surface area contributed by atoms with Crippen LogP contribution in [0.2, 0.25) is 0 Å². The lowest BCUT2D eigenvalue weighted by molar-refractivity contribution is -0.509. The van der Waals surface area contributed by atoms with Crippen LogP contribution in [0.25, 0.3) is 0 Å². The van der Waals surface area contributed by atoms with Crippen molar-refractivity contribution in [2.75, 3.05) is 29.9 Å². The van der Waals surface area contributed by atoms with Gasteiger partial charge in [0.15, 0.2) is 0 Å². The van der Waals surface area contributed by atoms with Crippen LogP contribution in [0.3, 0.4) is 0 Å². The monoisotopic (exact) mass is 406 g/mol. The topological polar surface area (TPSA) is 85.1 Å². The lowest BCUT2D eigenvalue weighted by atomic mass is 10.1. The molecule has 0 radical (unpaired) electrons. The number of hydrogen-bond acceptors (Lipinski definition) is 5. The molecule has 3 amide bonds. The van der Waals surface area contributed by atoms with Crippen molar-refractivity contribution in [2.24, 2.45) is 5.11 Å². The summed E-state index contributed by atoms with van der Waals surface area (Å²) in [6, 6.07) is 13.6. The van der Waals surface area contributed by atoms with Crippen LogP contribution < -0.4 is 10.2 Å². The molecule has 8 heteroatoms. The molecular formula is C22H24N5O3+. The van der Waals surface area contributed by atoms with Crippen molar-refractivity contribution in [3.8, 4) is 0 Å². The van der Waals surface area contributed by atoms with Gasteiger partial charge in [0.25, 0.3) is 18.7 Å². The van der Waals surface area contributed by atoms with E-state index in [2.05, 4.69) is 10.4 Å². The first-order chi connectivity index (χ1) is 14.3. The molecule has 0 aromatic heterocycles. The van der Waals surface area contributed by atoms with Crippen LogP contribution in [0.15, 0.2) is 47.6 Å². The van der Waals surface area contributed by atoms with Crippen LogP contribution in [-0.2, 0) is 14.4 Å². The van der Waals surface area contributed by atoms with E-state index < -0.39 is 24.0 Å². The van der Waals surface area contributed by atoms with E-state index in [1.165, 1.54) is 4.90 Å². The molecule has 1 fully saturated rings. The second kappa shape index (κ2) is 7.70. The molecule has 0 saturated carbocycles. The number of nitrogens with zero attached hydrogens (tertiary/aromatic N) is 4. The summed E-state index contributed by atoms with van der Waals surface area (Å²) in [7, 11) is 0. The Kier molecular flexibility index (Phi) is 5.07. The molecule has 1 N–H and O–H groups in total. The highest BCUT2D eigenvalue weighted by Gasteiger charge is 2.49. The van der Waals surface area contributed by atoms with Crippen molar-refractivity contribution in [3.05, 3.63) is 59.2 Å². The predicted octanol–water partition coefficient (Wildman–Crippen LogP) is 2.19. The highest BCUT2D eigenvalue weighted by atomic mass is 16.2. The van der Waals surface area contributed by atoms with Gasteiger partial charge in [0.05, 0.1) is 0 Å². The maximum absolute atomic E-state index is 12.6. The van der Waals surface area contributed by atoms with E-state index in [0.717, 1.165) is 27.1 Å². The molecular weight excluding hydrogens is 382 g/mol. The zero-order chi connectivity index (χ0) is 21.4. The zero-order valence-corrected chi connectivity index (χ0v) is 17.3. The lowest BCUT2D eigenvalue weighted by Crippen LogP contribution is -2.52. The van der Waals surface area contributed by atoms with Crippen molar-refractivity contribution in [1.82, 2.24) is 4.90 Å². The van der Waals surface area contributed by atoms with Crippen molar-refractivity contribution >= 4 is 29.1 Å². The Labute approximate surface area is 174 Å². The molecule has 1 saturated heterocycles. The van der Waals surface area contributed by atoms with Crippen LogP contribution in [0, 0.1) is 20.8 Å². The minimum Gasteiger partial charge on any atom is -0.326 e. The minimum absolute atomic E-state index is 0.316. The number of amides is 3. The number of rotatable bonds is 4. The summed E-state index contributed by atoms with van der Waals surface area (Å²) in [5, 5.41) is 7.21. The van der Waals surface area contributed by atoms with Gasteiger partial charge < -0.3 is 10.2 Å². The molecule has 2 aromatic rings. The van der Waals surface area contributed by atoms with Crippen molar-refractivity contribution in [1.29, 1.82) is 0 Å². The third-order valence-corrected chi connectivity index (χ3v) is 5.22. The third kappa shape index (κ3) is 3.80. The fourth-order valence-corrected chi connectivity index (χ4v) is 3.85. The molecule has 4 rings (SSSR count). The van der Waals surface area contributed by atoms with Gasteiger partial charge in [-0.1, -0.05) is 23.8 Å². The Hall–Kier alpha value is -3.55. The molecule has 0 spiro atoms. The average molecular weight is 406 g/mol. The van der Waals surface area contributed by atoms with E-state index in [0.29, 0.717) is 18.8 Å². The molecule has 30 heavy (non-hydrogen) atoms.